The fraction of sp³-hybridized carbons (Fsp3) is 0.417. The number of esters is 1. The van der Waals surface area contributed by atoms with E-state index in [2.05, 4.69) is 0 Å². The molecule has 1 aromatic rings. The molecule has 0 fully saturated rings. The molecule has 2 nitrogen and oxygen atoms in total. The average Bonchev–Trinajstić information content (AvgIpc) is 2.26. The Labute approximate surface area is 89.1 Å². The number of carbonyl (C=O) groups is 1. The van der Waals surface area contributed by atoms with Crippen LogP contribution in [0.4, 0.5) is 4.39 Å². The molecule has 1 aromatic carbocycles. The first-order valence-electron chi connectivity index (χ1n) is 5.06. The molecule has 0 spiro atoms. The van der Waals surface area contributed by atoms with Crippen molar-refractivity contribution in [3.8, 4) is 0 Å². The quantitative estimate of drug-likeness (QED) is 0.714. The summed E-state index contributed by atoms with van der Waals surface area (Å²) in [5, 5.41) is 0. The highest BCUT2D eigenvalue weighted by Crippen LogP contribution is 2.09. The second-order valence-corrected chi connectivity index (χ2v) is 3.59. The zero-order valence-electron chi connectivity index (χ0n) is 9.00. The highest BCUT2D eigenvalue weighted by molar-refractivity contribution is 5.89. The van der Waals surface area contributed by atoms with E-state index < -0.39 is 11.8 Å². The summed E-state index contributed by atoms with van der Waals surface area (Å²) in [4.78, 5) is 11.4. The molecule has 0 bridgehead atoms. The molecule has 0 saturated heterocycles. The van der Waals surface area contributed by atoms with Crippen molar-refractivity contribution >= 4 is 5.97 Å². The molecular formula is C12H15FO2. The number of benzene rings is 1. The Morgan fingerprint density at radius 1 is 1.47 bits per heavy atom. The Bertz CT molecular complexity index is 336. The summed E-state index contributed by atoms with van der Waals surface area (Å²) >= 11 is 0. The molecule has 0 heterocycles. The first kappa shape index (κ1) is 11.7. The van der Waals surface area contributed by atoms with Crippen molar-refractivity contribution in [3.05, 3.63) is 35.6 Å². The highest BCUT2D eigenvalue weighted by atomic mass is 19.1. The Balaban J connectivity index is 2.58. The summed E-state index contributed by atoms with van der Waals surface area (Å²) in [6.45, 7) is 4.33. The van der Waals surface area contributed by atoms with Gasteiger partial charge in [-0.1, -0.05) is 32.4 Å². The van der Waals surface area contributed by atoms with Crippen LogP contribution in [0.15, 0.2) is 24.3 Å². The van der Waals surface area contributed by atoms with Gasteiger partial charge in [-0.2, -0.15) is 0 Å². The number of hydrogen-bond acceptors (Lipinski definition) is 2. The molecule has 1 unspecified atom stereocenters. The Hall–Kier alpha value is -1.38. The van der Waals surface area contributed by atoms with Gasteiger partial charge in [-0.05, 0) is 18.1 Å². The Morgan fingerprint density at radius 3 is 2.73 bits per heavy atom. The van der Waals surface area contributed by atoms with Crippen LogP contribution < -0.4 is 0 Å². The van der Waals surface area contributed by atoms with E-state index in [1.165, 1.54) is 12.1 Å². The summed E-state index contributed by atoms with van der Waals surface area (Å²) in [6, 6.07) is 5.83. The van der Waals surface area contributed by atoms with Gasteiger partial charge in [0.1, 0.15) is 5.82 Å². The van der Waals surface area contributed by atoms with Crippen LogP contribution in [-0.2, 0) is 4.74 Å². The minimum atomic E-state index is -0.589. The third-order valence-corrected chi connectivity index (χ3v) is 2.29. The zero-order chi connectivity index (χ0) is 11.3. The van der Waals surface area contributed by atoms with Crippen LogP contribution in [0.1, 0.15) is 30.6 Å². The largest absolute Gasteiger partial charge is 0.462 e. The minimum absolute atomic E-state index is 0.000744. The van der Waals surface area contributed by atoms with Gasteiger partial charge >= 0.3 is 5.97 Å². The maximum absolute atomic E-state index is 13.1. The standard InChI is InChI=1S/C12H15FO2/c1-3-9(2)8-15-12(14)10-6-4-5-7-11(10)13/h4-7,9H,3,8H2,1-2H3. The molecule has 0 aromatic heterocycles. The van der Waals surface area contributed by atoms with Crippen LogP contribution in [0, 0.1) is 11.7 Å². The van der Waals surface area contributed by atoms with Gasteiger partial charge in [0.2, 0.25) is 0 Å². The van der Waals surface area contributed by atoms with Gasteiger partial charge in [-0.3, -0.25) is 0 Å². The summed E-state index contributed by atoms with van der Waals surface area (Å²) in [5.74, 6) is -0.819. The van der Waals surface area contributed by atoms with Crippen LogP contribution in [0.25, 0.3) is 0 Å². The highest BCUT2D eigenvalue weighted by Gasteiger charge is 2.12. The van der Waals surface area contributed by atoms with E-state index >= 15 is 0 Å². The summed E-state index contributed by atoms with van der Waals surface area (Å²) in [7, 11) is 0. The molecule has 0 saturated carbocycles. The lowest BCUT2D eigenvalue weighted by Gasteiger charge is -2.09. The molecule has 82 valence electrons. The van der Waals surface area contributed by atoms with E-state index in [-0.39, 0.29) is 5.56 Å². The van der Waals surface area contributed by atoms with Gasteiger partial charge < -0.3 is 4.74 Å². The molecule has 1 atom stereocenters. The van der Waals surface area contributed by atoms with Gasteiger partial charge in [-0.15, -0.1) is 0 Å². The molecule has 0 amide bonds. The second-order valence-electron chi connectivity index (χ2n) is 3.59. The van der Waals surface area contributed by atoms with E-state index in [1.807, 2.05) is 13.8 Å². The number of carbonyl (C=O) groups excluding carboxylic acids is 1. The van der Waals surface area contributed by atoms with Crippen molar-refractivity contribution in [3.63, 3.8) is 0 Å². The van der Waals surface area contributed by atoms with Crippen molar-refractivity contribution in [1.29, 1.82) is 0 Å². The van der Waals surface area contributed by atoms with E-state index in [1.54, 1.807) is 12.1 Å². The third-order valence-electron chi connectivity index (χ3n) is 2.29. The third kappa shape index (κ3) is 3.35. The van der Waals surface area contributed by atoms with Crippen LogP contribution in [-0.4, -0.2) is 12.6 Å². The van der Waals surface area contributed by atoms with Crippen molar-refractivity contribution in [2.45, 2.75) is 20.3 Å². The monoisotopic (exact) mass is 210 g/mol. The number of hydrogen-bond donors (Lipinski definition) is 0. The first-order valence-corrected chi connectivity index (χ1v) is 5.06. The van der Waals surface area contributed by atoms with E-state index in [0.29, 0.717) is 12.5 Å². The SMILES string of the molecule is CCC(C)COC(=O)c1ccccc1F. The molecule has 0 radical (unpaired) electrons. The normalized spacial score (nSPS) is 12.2. The van der Waals surface area contributed by atoms with Gasteiger partial charge in [0.15, 0.2) is 0 Å². The van der Waals surface area contributed by atoms with Crippen LogP contribution in [0.5, 0.6) is 0 Å². The summed E-state index contributed by atoms with van der Waals surface area (Å²) in [5.41, 5.74) is 0.000744. The van der Waals surface area contributed by atoms with Crippen LogP contribution in [0.3, 0.4) is 0 Å². The van der Waals surface area contributed by atoms with Crippen molar-refractivity contribution in [1.82, 2.24) is 0 Å². The van der Waals surface area contributed by atoms with Crippen LogP contribution >= 0.6 is 0 Å². The number of rotatable bonds is 4. The van der Waals surface area contributed by atoms with Crippen molar-refractivity contribution in [2.75, 3.05) is 6.61 Å². The van der Waals surface area contributed by atoms with Crippen molar-refractivity contribution in [2.24, 2.45) is 5.92 Å². The first-order chi connectivity index (χ1) is 7.15. The van der Waals surface area contributed by atoms with E-state index in [9.17, 15) is 9.18 Å². The number of ether oxygens (including phenoxy) is 1. The van der Waals surface area contributed by atoms with Gasteiger partial charge in [0, 0.05) is 0 Å². The lowest BCUT2D eigenvalue weighted by Crippen LogP contribution is -2.12. The van der Waals surface area contributed by atoms with Crippen LogP contribution in [0.2, 0.25) is 0 Å². The Morgan fingerprint density at radius 2 is 2.13 bits per heavy atom. The van der Waals surface area contributed by atoms with Gasteiger partial charge in [-0.25, -0.2) is 9.18 Å². The minimum Gasteiger partial charge on any atom is -0.462 e. The van der Waals surface area contributed by atoms with Gasteiger partial charge in [0.05, 0.1) is 12.2 Å². The lowest BCUT2D eigenvalue weighted by molar-refractivity contribution is 0.0442. The topological polar surface area (TPSA) is 26.3 Å². The summed E-state index contributed by atoms with van der Waals surface area (Å²) < 4.78 is 18.1. The predicted octanol–water partition coefficient (Wildman–Crippen LogP) is 3.03. The molecule has 3 heteroatoms. The molecular weight excluding hydrogens is 195 g/mol. The molecule has 0 aliphatic heterocycles. The lowest BCUT2D eigenvalue weighted by atomic mass is 10.1. The molecule has 1 rings (SSSR count). The molecule has 15 heavy (non-hydrogen) atoms. The smallest absolute Gasteiger partial charge is 0.341 e. The fourth-order valence-electron chi connectivity index (χ4n) is 1.04. The second kappa shape index (κ2) is 5.49. The maximum Gasteiger partial charge on any atom is 0.341 e. The van der Waals surface area contributed by atoms with Crippen molar-refractivity contribution < 1.29 is 13.9 Å². The zero-order valence-corrected chi connectivity index (χ0v) is 9.00. The molecule has 0 aliphatic rings. The van der Waals surface area contributed by atoms with E-state index in [0.717, 1.165) is 6.42 Å². The van der Waals surface area contributed by atoms with E-state index in [4.69, 9.17) is 4.74 Å². The number of halogens is 1. The average molecular weight is 210 g/mol. The maximum atomic E-state index is 13.1. The predicted molar refractivity (Wildman–Crippen MR) is 56.1 cm³/mol. The molecule has 0 N–H and O–H groups in total. The molecule has 0 aliphatic carbocycles. The van der Waals surface area contributed by atoms with Gasteiger partial charge in [0.25, 0.3) is 0 Å². The fourth-order valence-corrected chi connectivity index (χ4v) is 1.04. The summed E-state index contributed by atoms with van der Waals surface area (Å²) in [6.07, 6.45) is 0.935. The Kier molecular flexibility index (Phi) is 4.28.